The summed E-state index contributed by atoms with van der Waals surface area (Å²) in [7, 11) is 0. The molecule has 2 heteroatoms. The largest absolute Gasteiger partial charge is 0.375 e. The molecule has 4 saturated heterocycles. The van der Waals surface area contributed by atoms with Crippen molar-refractivity contribution >= 4 is 0 Å². The first kappa shape index (κ1) is 10.8. The van der Waals surface area contributed by atoms with Crippen LogP contribution in [0.2, 0.25) is 0 Å². The normalized spacial score (nSPS) is 50.5. The highest BCUT2D eigenvalue weighted by Gasteiger charge is 2.46. The van der Waals surface area contributed by atoms with Crippen molar-refractivity contribution in [3.8, 4) is 0 Å². The minimum atomic E-state index is 0.643. The van der Waals surface area contributed by atoms with E-state index in [0.29, 0.717) is 12.2 Å². The Balaban J connectivity index is 1.42. The van der Waals surface area contributed by atoms with E-state index in [4.69, 9.17) is 4.74 Å². The summed E-state index contributed by atoms with van der Waals surface area (Å²) < 4.78 is 6.06. The molecule has 0 aliphatic carbocycles. The van der Waals surface area contributed by atoms with Crippen molar-refractivity contribution in [2.75, 3.05) is 13.1 Å². The van der Waals surface area contributed by atoms with Crippen molar-refractivity contribution in [2.24, 2.45) is 11.8 Å². The summed E-state index contributed by atoms with van der Waals surface area (Å²) in [6.45, 7) is 2.77. The lowest BCUT2D eigenvalue weighted by atomic mass is 9.74. The van der Waals surface area contributed by atoms with E-state index >= 15 is 0 Å². The Morgan fingerprint density at radius 3 is 2.76 bits per heavy atom. The molecule has 0 N–H and O–H groups in total. The quantitative estimate of drug-likeness (QED) is 0.693. The molecule has 0 saturated carbocycles. The molecule has 4 aliphatic heterocycles. The third-order valence-electron chi connectivity index (χ3n) is 5.85. The van der Waals surface area contributed by atoms with E-state index in [1.165, 1.54) is 64.5 Å². The average Bonchev–Trinajstić information content (AvgIpc) is 3.00. The van der Waals surface area contributed by atoms with Gasteiger partial charge in [-0.3, -0.25) is 0 Å². The van der Waals surface area contributed by atoms with Gasteiger partial charge in [0.05, 0.1) is 12.2 Å². The van der Waals surface area contributed by atoms with Gasteiger partial charge in [0.1, 0.15) is 0 Å². The zero-order valence-corrected chi connectivity index (χ0v) is 10.8. The van der Waals surface area contributed by atoms with Gasteiger partial charge in [0.2, 0.25) is 0 Å². The maximum absolute atomic E-state index is 6.06. The first-order chi connectivity index (χ1) is 8.40. The summed E-state index contributed by atoms with van der Waals surface area (Å²) in [4.78, 5) is 2.81. The third kappa shape index (κ3) is 1.84. The molecule has 5 unspecified atom stereocenters. The first-order valence-electron chi connectivity index (χ1n) is 7.79. The number of fused-ring (bicyclic) bond motifs is 3. The second-order valence-electron chi connectivity index (χ2n) is 6.76. The van der Waals surface area contributed by atoms with Crippen molar-refractivity contribution in [1.29, 1.82) is 0 Å². The Morgan fingerprint density at radius 2 is 1.94 bits per heavy atom. The van der Waals surface area contributed by atoms with Crippen LogP contribution < -0.4 is 0 Å². The van der Waals surface area contributed by atoms with Crippen LogP contribution >= 0.6 is 0 Å². The first-order valence-corrected chi connectivity index (χ1v) is 7.79. The molecule has 0 aromatic heterocycles. The number of ether oxygens (including phenoxy) is 1. The highest BCUT2D eigenvalue weighted by molar-refractivity contribution is 4.96. The molecule has 96 valence electrons. The van der Waals surface area contributed by atoms with E-state index in [2.05, 4.69) is 4.90 Å². The molecule has 0 amide bonds. The summed E-state index contributed by atoms with van der Waals surface area (Å²) in [6.07, 6.45) is 12.7. The average molecular weight is 235 g/mol. The molecule has 0 radical (unpaired) electrons. The van der Waals surface area contributed by atoms with E-state index in [1.807, 2.05) is 0 Å². The minimum absolute atomic E-state index is 0.643. The lowest BCUT2D eigenvalue weighted by Crippen LogP contribution is -2.48. The van der Waals surface area contributed by atoms with Gasteiger partial charge >= 0.3 is 0 Å². The third-order valence-corrected chi connectivity index (χ3v) is 5.85. The van der Waals surface area contributed by atoms with E-state index in [9.17, 15) is 0 Å². The smallest absolute Gasteiger partial charge is 0.0612 e. The van der Waals surface area contributed by atoms with Crippen LogP contribution in [0.15, 0.2) is 0 Å². The van der Waals surface area contributed by atoms with Gasteiger partial charge in [-0.1, -0.05) is 6.42 Å². The summed E-state index contributed by atoms with van der Waals surface area (Å²) in [5.74, 6) is 1.87. The number of rotatable bonds is 1. The number of hydrogen-bond donors (Lipinski definition) is 0. The van der Waals surface area contributed by atoms with Crippen LogP contribution in [-0.4, -0.2) is 36.2 Å². The van der Waals surface area contributed by atoms with Gasteiger partial charge < -0.3 is 9.64 Å². The molecule has 2 bridgehead atoms. The van der Waals surface area contributed by atoms with Gasteiger partial charge in [-0.2, -0.15) is 0 Å². The summed E-state index contributed by atoms with van der Waals surface area (Å²) in [5.41, 5.74) is 0. The van der Waals surface area contributed by atoms with Crippen LogP contribution in [0.3, 0.4) is 0 Å². The summed E-state index contributed by atoms with van der Waals surface area (Å²) in [6, 6.07) is 0.944. The second-order valence-corrected chi connectivity index (χ2v) is 6.76. The highest BCUT2D eigenvalue weighted by atomic mass is 16.5. The lowest BCUT2D eigenvalue weighted by Gasteiger charge is -2.45. The molecule has 5 atom stereocenters. The van der Waals surface area contributed by atoms with Gasteiger partial charge in [0.15, 0.2) is 0 Å². The fourth-order valence-electron chi connectivity index (χ4n) is 4.95. The van der Waals surface area contributed by atoms with Crippen molar-refractivity contribution in [2.45, 2.75) is 69.6 Å². The molecule has 0 aromatic rings. The Labute approximate surface area is 105 Å². The Hall–Kier alpha value is -0.0800. The van der Waals surface area contributed by atoms with Crippen LogP contribution in [0.5, 0.6) is 0 Å². The summed E-state index contributed by atoms with van der Waals surface area (Å²) >= 11 is 0. The molecule has 0 aromatic carbocycles. The van der Waals surface area contributed by atoms with E-state index in [-0.39, 0.29) is 0 Å². The Kier molecular flexibility index (Phi) is 2.69. The van der Waals surface area contributed by atoms with Crippen LogP contribution in [0.25, 0.3) is 0 Å². The van der Waals surface area contributed by atoms with E-state index < -0.39 is 0 Å². The second kappa shape index (κ2) is 4.24. The molecule has 17 heavy (non-hydrogen) atoms. The number of nitrogens with zero attached hydrogens (tertiary/aromatic N) is 1. The lowest BCUT2D eigenvalue weighted by molar-refractivity contribution is 0.0285. The molecular formula is C15H25NO. The molecule has 0 spiro atoms. The monoisotopic (exact) mass is 235 g/mol. The van der Waals surface area contributed by atoms with Gasteiger partial charge in [-0.25, -0.2) is 0 Å². The molecule has 2 nitrogen and oxygen atoms in total. The molecule has 4 aliphatic rings. The maximum Gasteiger partial charge on any atom is 0.0612 e. The van der Waals surface area contributed by atoms with Crippen molar-refractivity contribution in [3.63, 3.8) is 0 Å². The maximum atomic E-state index is 6.06. The van der Waals surface area contributed by atoms with Gasteiger partial charge in [0.25, 0.3) is 0 Å². The SMILES string of the molecule is C1CCN2CC(C3CC4CCC3O4)CCC2C1. The minimum Gasteiger partial charge on any atom is -0.375 e. The zero-order chi connectivity index (χ0) is 11.2. The highest BCUT2D eigenvalue weighted by Crippen LogP contribution is 2.45. The van der Waals surface area contributed by atoms with Crippen molar-refractivity contribution in [3.05, 3.63) is 0 Å². The molecular weight excluding hydrogens is 210 g/mol. The molecule has 4 rings (SSSR count). The van der Waals surface area contributed by atoms with Crippen LogP contribution in [-0.2, 0) is 4.74 Å². The summed E-state index contributed by atoms with van der Waals surface area (Å²) in [5, 5.41) is 0. The van der Waals surface area contributed by atoms with Crippen LogP contribution in [0.4, 0.5) is 0 Å². The van der Waals surface area contributed by atoms with Crippen LogP contribution in [0.1, 0.15) is 51.4 Å². The van der Waals surface area contributed by atoms with E-state index in [1.54, 1.807) is 0 Å². The molecule has 4 heterocycles. The van der Waals surface area contributed by atoms with E-state index in [0.717, 1.165) is 17.9 Å². The fourth-order valence-corrected chi connectivity index (χ4v) is 4.95. The van der Waals surface area contributed by atoms with Crippen molar-refractivity contribution in [1.82, 2.24) is 4.90 Å². The fraction of sp³-hybridized carbons (Fsp3) is 1.00. The predicted molar refractivity (Wildman–Crippen MR) is 67.9 cm³/mol. The topological polar surface area (TPSA) is 12.5 Å². The molecule has 4 fully saturated rings. The standard InChI is InChI=1S/C15H25NO/c1-2-8-16-10-11(4-5-12(16)3-1)14-9-13-6-7-15(14)17-13/h11-15H,1-10H2. The predicted octanol–water partition coefficient (Wildman–Crippen LogP) is 2.82. The van der Waals surface area contributed by atoms with Gasteiger partial charge in [-0.15, -0.1) is 0 Å². The van der Waals surface area contributed by atoms with Crippen molar-refractivity contribution < 1.29 is 4.74 Å². The number of hydrogen-bond acceptors (Lipinski definition) is 2. The van der Waals surface area contributed by atoms with Gasteiger partial charge in [0, 0.05) is 12.6 Å². The van der Waals surface area contributed by atoms with Crippen LogP contribution in [0, 0.1) is 11.8 Å². The number of piperidine rings is 2. The Morgan fingerprint density at radius 1 is 0.941 bits per heavy atom. The van der Waals surface area contributed by atoms with Gasteiger partial charge in [-0.05, 0) is 63.3 Å². The zero-order valence-electron chi connectivity index (χ0n) is 10.8. The Bertz CT molecular complexity index is 293.